The molecule has 1 heterocycles. The highest BCUT2D eigenvalue weighted by Crippen LogP contribution is 2.24. The van der Waals surface area contributed by atoms with E-state index in [0.717, 1.165) is 19.4 Å². The Labute approximate surface area is 83.6 Å². The molecule has 0 bridgehead atoms. The number of nitrogens with one attached hydrogen (secondary N) is 1. The summed E-state index contributed by atoms with van der Waals surface area (Å²) in [5.74, 6) is -0.172. The molecule has 74 valence electrons. The minimum atomic E-state index is -0.172. The fraction of sp³-hybridized carbons (Fsp3) is 0.333. The molecule has 1 saturated heterocycles. The summed E-state index contributed by atoms with van der Waals surface area (Å²) in [5.41, 5.74) is 2.42. The lowest BCUT2D eigenvalue weighted by atomic mass is 9.95. The second-order valence-corrected chi connectivity index (χ2v) is 3.77. The van der Waals surface area contributed by atoms with Crippen molar-refractivity contribution < 1.29 is 4.39 Å². The summed E-state index contributed by atoms with van der Waals surface area (Å²) in [6.07, 6.45) is 2.12. The first-order valence-electron chi connectivity index (χ1n) is 4.91. The fourth-order valence-corrected chi connectivity index (χ4v) is 1.79. The summed E-state index contributed by atoms with van der Waals surface area (Å²) in [6, 6.07) is 7.09. The van der Waals surface area contributed by atoms with Gasteiger partial charge in [0.2, 0.25) is 0 Å². The van der Waals surface area contributed by atoms with E-state index in [1.807, 2.05) is 12.1 Å². The molecular weight excluding hydrogens is 177 g/mol. The predicted molar refractivity (Wildman–Crippen MR) is 55.5 cm³/mol. The van der Waals surface area contributed by atoms with Gasteiger partial charge in [0.1, 0.15) is 5.82 Å². The van der Waals surface area contributed by atoms with Crippen LogP contribution >= 0.6 is 0 Å². The lowest BCUT2D eigenvalue weighted by Gasteiger charge is -2.25. The van der Waals surface area contributed by atoms with E-state index in [-0.39, 0.29) is 5.82 Å². The molecule has 0 saturated carbocycles. The minimum absolute atomic E-state index is 0.172. The second kappa shape index (κ2) is 3.93. The Morgan fingerprint density at radius 3 is 2.57 bits per heavy atom. The van der Waals surface area contributed by atoms with Crippen molar-refractivity contribution in [2.75, 3.05) is 6.54 Å². The van der Waals surface area contributed by atoms with Crippen LogP contribution in [0.1, 0.15) is 24.4 Å². The predicted octanol–water partition coefficient (Wildman–Crippen LogP) is 2.81. The van der Waals surface area contributed by atoms with Gasteiger partial charge < -0.3 is 5.32 Å². The Morgan fingerprint density at radius 2 is 2.00 bits per heavy atom. The van der Waals surface area contributed by atoms with E-state index in [0.29, 0.717) is 6.04 Å². The SMILES string of the molecule is C=C1CCC(c2ccc(F)cc2)NC1. The zero-order valence-electron chi connectivity index (χ0n) is 8.09. The summed E-state index contributed by atoms with van der Waals surface area (Å²) >= 11 is 0. The minimum Gasteiger partial charge on any atom is -0.306 e. The van der Waals surface area contributed by atoms with Gasteiger partial charge in [-0.25, -0.2) is 4.39 Å². The van der Waals surface area contributed by atoms with Gasteiger partial charge in [-0.2, -0.15) is 0 Å². The Balaban J connectivity index is 2.08. The average molecular weight is 191 g/mol. The van der Waals surface area contributed by atoms with Gasteiger partial charge in [-0.1, -0.05) is 24.3 Å². The molecule has 0 aliphatic carbocycles. The standard InChI is InChI=1S/C12H14FN/c1-9-2-7-12(14-8-9)10-3-5-11(13)6-4-10/h3-6,12,14H,1-2,7-8H2. The highest BCUT2D eigenvalue weighted by Gasteiger charge is 2.15. The fourth-order valence-electron chi connectivity index (χ4n) is 1.79. The molecule has 1 fully saturated rings. The highest BCUT2D eigenvalue weighted by atomic mass is 19.1. The summed E-state index contributed by atoms with van der Waals surface area (Å²) < 4.78 is 12.7. The maximum absolute atomic E-state index is 12.7. The van der Waals surface area contributed by atoms with Crippen molar-refractivity contribution in [1.29, 1.82) is 0 Å². The van der Waals surface area contributed by atoms with Crippen LogP contribution in [0.2, 0.25) is 0 Å². The first-order chi connectivity index (χ1) is 6.75. The van der Waals surface area contributed by atoms with Gasteiger partial charge in [0.05, 0.1) is 0 Å². The Bertz CT molecular complexity index is 319. The van der Waals surface area contributed by atoms with E-state index in [1.165, 1.54) is 23.3 Å². The molecule has 1 nitrogen and oxygen atoms in total. The summed E-state index contributed by atoms with van der Waals surface area (Å²) in [6.45, 7) is 4.81. The van der Waals surface area contributed by atoms with Crippen LogP contribution in [0, 0.1) is 5.82 Å². The molecule has 1 aromatic carbocycles. The van der Waals surface area contributed by atoms with Crippen LogP contribution in [0.4, 0.5) is 4.39 Å². The zero-order chi connectivity index (χ0) is 9.97. The van der Waals surface area contributed by atoms with Crippen LogP contribution in [0.5, 0.6) is 0 Å². The Hall–Kier alpha value is -1.15. The molecule has 0 aromatic heterocycles. The summed E-state index contributed by atoms with van der Waals surface area (Å²) in [5, 5.41) is 3.38. The zero-order valence-corrected chi connectivity index (χ0v) is 8.09. The number of benzene rings is 1. The van der Waals surface area contributed by atoms with Gasteiger partial charge in [-0.3, -0.25) is 0 Å². The van der Waals surface area contributed by atoms with Crippen LogP contribution in [-0.2, 0) is 0 Å². The Kier molecular flexibility index (Phi) is 2.64. The van der Waals surface area contributed by atoms with Crippen molar-refractivity contribution in [3.63, 3.8) is 0 Å². The molecule has 1 aliphatic rings. The second-order valence-electron chi connectivity index (χ2n) is 3.77. The van der Waals surface area contributed by atoms with Crippen LogP contribution in [-0.4, -0.2) is 6.54 Å². The molecule has 2 heteroatoms. The summed E-state index contributed by atoms with van der Waals surface area (Å²) in [7, 11) is 0. The summed E-state index contributed by atoms with van der Waals surface area (Å²) in [4.78, 5) is 0. The van der Waals surface area contributed by atoms with Gasteiger partial charge in [-0.05, 0) is 30.5 Å². The van der Waals surface area contributed by atoms with Crippen LogP contribution in [0.15, 0.2) is 36.4 Å². The lowest BCUT2D eigenvalue weighted by Crippen LogP contribution is -2.28. The third kappa shape index (κ3) is 2.02. The smallest absolute Gasteiger partial charge is 0.123 e. The molecule has 0 spiro atoms. The van der Waals surface area contributed by atoms with Crippen molar-refractivity contribution in [3.8, 4) is 0 Å². The Morgan fingerprint density at radius 1 is 1.29 bits per heavy atom. The van der Waals surface area contributed by atoms with Gasteiger partial charge in [0.15, 0.2) is 0 Å². The molecule has 1 aliphatic heterocycles. The van der Waals surface area contributed by atoms with E-state index in [2.05, 4.69) is 11.9 Å². The number of rotatable bonds is 1. The normalized spacial score (nSPS) is 22.4. The van der Waals surface area contributed by atoms with Gasteiger partial charge in [0.25, 0.3) is 0 Å². The first kappa shape index (κ1) is 9.41. The van der Waals surface area contributed by atoms with Crippen LogP contribution < -0.4 is 5.32 Å². The lowest BCUT2D eigenvalue weighted by molar-refractivity contribution is 0.472. The third-order valence-corrected chi connectivity index (χ3v) is 2.66. The van der Waals surface area contributed by atoms with Crippen molar-refractivity contribution in [1.82, 2.24) is 5.32 Å². The van der Waals surface area contributed by atoms with E-state index in [4.69, 9.17) is 0 Å². The largest absolute Gasteiger partial charge is 0.306 e. The van der Waals surface area contributed by atoms with Crippen molar-refractivity contribution >= 4 is 0 Å². The molecule has 0 amide bonds. The molecule has 1 aromatic rings. The molecule has 1 unspecified atom stereocenters. The van der Waals surface area contributed by atoms with Gasteiger partial charge in [-0.15, -0.1) is 0 Å². The molecule has 1 N–H and O–H groups in total. The number of hydrogen-bond acceptors (Lipinski definition) is 1. The molecule has 0 radical (unpaired) electrons. The van der Waals surface area contributed by atoms with Gasteiger partial charge >= 0.3 is 0 Å². The third-order valence-electron chi connectivity index (χ3n) is 2.66. The number of hydrogen-bond donors (Lipinski definition) is 1. The number of piperidine rings is 1. The van der Waals surface area contributed by atoms with E-state index < -0.39 is 0 Å². The molecule has 2 rings (SSSR count). The topological polar surface area (TPSA) is 12.0 Å². The van der Waals surface area contributed by atoms with Crippen molar-refractivity contribution in [2.45, 2.75) is 18.9 Å². The van der Waals surface area contributed by atoms with Crippen LogP contribution in [0.25, 0.3) is 0 Å². The van der Waals surface area contributed by atoms with Crippen molar-refractivity contribution in [2.24, 2.45) is 0 Å². The molecule has 14 heavy (non-hydrogen) atoms. The number of halogens is 1. The van der Waals surface area contributed by atoms with Crippen LogP contribution in [0.3, 0.4) is 0 Å². The maximum Gasteiger partial charge on any atom is 0.123 e. The van der Waals surface area contributed by atoms with E-state index in [1.54, 1.807) is 0 Å². The first-order valence-corrected chi connectivity index (χ1v) is 4.91. The quantitative estimate of drug-likeness (QED) is 0.673. The highest BCUT2D eigenvalue weighted by molar-refractivity contribution is 5.21. The average Bonchev–Trinajstić information content (AvgIpc) is 2.21. The molecular formula is C12H14FN. The van der Waals surface area contributed by atoms with Crippen molar-refractivity contribution in [3.05, 3.63) is 47.8 Å². The van der Waals surface area contributed by atoms with E-state index in [9.17, 15) is 4.39 Å². The monoisotopic (exact) mass is 191 g/mol. The van der Waals surface area contributed by atoms with E-state index >= 15 is 0 Å². The van der Waals surface area contributed by atoms with Gasteiger partial charge in [0, 0.05) is 12.6 Å². The molecule has 1 atom stereocenters. The maximum atomic E-state index is 12.7.